The second kappa shape index (κ2) is 15.7. The number of hydrogen-bond donors (Lipinski definition) is 3. The fourth-order valence-electron chi connectivity index (χ4n) is 9.62. The number of imidazole rings is 1. The maximum Gasteiger partial charge on any atom is 0.329 e. The number of rotatable bonds is 11. The van der Waals surface area contributed by atoms with E-state index in [1.54, 1.807) is 11.6 Å². The van der Waals surface area contributed by atoms with Crippen LogP contribution in [0.2, 0.25) is 0 Å². The van der Waals surface area contributed by atoms with Gasteiger partial charge in [-0.1, -0.05) is 11.2 Å². The van der Waals surface area contributed by atoms with E-state index in [1.807, 2.05) is 30.3 Å². The summed E-state index contributed by atoms with van der Waals surface area (Å²) in [5, 5.41) is 27.5. The highest BCUT2D eigenvalue weighted by Crippen LogP contribution is 2.57. The molecule has 2 aromatic carbocycles. The monoisotopic (exact) mass is 842 g/mol. The van der Waals surface area contributed by atoms with Crippen LogP contribution >= 0.6 is 0 Å². The zero-order valence-electron chi connectivity index (χ0n) is 33.6. The number of fused-ring (bicyclic) bond motifs is 4. The molecule has 5 aromatic rings. The van der Waals surface area contributed by atoms with Crippen LogP contribution in [0.4, 0.5) is 19.0 Å². The quantitative estimate of drug-likeness (QED) is 0.128. The second-order valence-corrected chi connectivity index (χ2v) is 17.0. The van der Waals surface area contributed by atoms with E-state index in [2.05, 4.69) is 35.8 Å². The number of aryl methyl sites for hydroxylation is 2. The highest BCUT2D eigenvalue weighted by Gasteiger charge is 2.52. The predicted molar refractivity (Wildman–Crippen MR) is 213 cm³/mol. The van der Waals surface area contributed by atoms with Crippen LogP contribution in [0.3, 0.4) is 0 Å². The normalized spacial score (nSPS) is 23.1. The molecule has 5 fully saturated rings. The summed E-state index contributed by atoms with van der Waals surface area (Å²) in [6.07, 6.45) is 6.67. The van der Waals surface area contributed by atoms with Crippen LogP contribution < -0.4 is 21.2 Å². The van der Waals surface area contributed by atoms with E-state index >= 15 is 0 Å². The molecule has 3 aliphatic carbocycles. The molecule has 320 valence electrons. The zero-order chi connectivity index (χ0) is 42.6. The van der Waals surface area contributed by atoms with Crippen molar-refractivity contribution in [3.8, 4) is 17.3 Å². The number of piperazine rings is 1. The van der Waals surface area contributed by atoms with Gasteiger partial charge in [0.05, 0.1) is 16.6 Å². The minimum absolute atomic E-state index is 0.199. The fourth-order valence-corrected chi connectivity index (χ4v) is 9.62. The fraction of sp³-hybridized carbons (Fsp3) is 0.476. The maximum atomic E-state index is 14.3. The third-order valence-electron chi connectivity index (χ3n) is 13.5. The summed E-state index contributed by atoms with van der Waals surface area (Å²) in [7, 11) is 1.70. The van der Waals surface area contributed by atoms with Crippen LogP contribution in [0.5, 0.6) is 5.75 Å². The first-order valence-corrected chi connectivity index (χ1v) is 20.7. The summed E-state index contributed by atoms with van der Waals surface area (Å²) in [5.41, 5.74) is 1.40. The van der Waals surface area contributed by atoms with E-state index in [0.29, 0.717) is 35.4 Å². The van der Waals surface area contributed by atoms with E-state index in [-0.39, 0.29) is 35.4 Å². The molecule has 61 heavy (non-hydrogen) atoms. The Hall–Kier alpha value is -6.11. The molecule has 5 heterocycles. The van der Waals surface area contributed by atoms with Gasteiger partial charge >= 0.3 is 5.69 Å². The third-order valence-corrected chi connectivity index (χ3v) is 13.5. The maximum absolute atomic E-state index is 14.3. The van der Waals surface area contributed by atoms with Crippen molar-refractivity contribution in [1.29, 1.82) is 0 Å². The van der Waals surface area contributed by atoms with Crippen molar-refractivity contribution in [1.82, 2.24) is 45.0 Å². The first kappa shape index (κ1) is 40.3. The van der Waals surface area contributed by atoms with Crippen molar-refractivity contribution in [2.75, 3.05) is 44.2 Å². The average Bonchev–Trinajstić information content (AvgIpc) is 3.88. The number of aromatic hydroxyl groups is 1. The van der Waals surface area contributed by atoms with Gasteiger partial charge in [-0.05, 0) is 106 Å². The molecule has 3 amide bonds. The molecular weight excluding hydrogens is 798 g/mol. The molecule has 3 aromatic heterocycles. The Morgan fingerprint density at radius 3 is 2.41 bits per heavy atom. The molecule has 5 aliphatic rings. The number of phenols is 1. The number of phenolic OH excluding ortho intramolecular Hbond substituents is 1. The summed E-state index contributed by atoms with van der Waals surface area (Å²) in [6, 6.07) is 9.47. The standard InChI is InChI=1S/C42H45F3N10O6/c1-52-30-21-24(4-6-28(30)55(40(52)60)29-7-9-32(56)47-38(29)59)3-2-16-53-17-19-54(20-18-53)31-8-5-27(49-50-31)36-48-39(61-51-36)42-13-10-41(11-14-42,12-15-42)23-46-37(58)25-22-26(43)35(57)34(45)33(25)44/h4-6,8,21-22,29,57H,2-3,7,9-20,23H2,1H3,(H,46,58)(H,47,56,59)/t29-,41?,42?/m1/s1. The average molecular weight is 843 g/mol. The number of amides is 3. The molecule has 2 bridgehead atoms. The van der Waals surface area contributed by atoms with Gasteiger partial charge in [-0.25, -0.2) is 13.6 Å². The Kier molecular flexibility index (Phi) is 10.4. The molecule has 2 aliphatic heterocycles. The molecule has 3 N–H and O–H groups in total. The lowest BCUT2D eigenvalue weighted by atomic mass is 9.53. The van der Waals surface area contributed by atoms with Gasteiger partial charge in [-0.3, -0.25) is 33.7 Å². The second-order valence-electron chi connectivity index (χ2n) is 17.0. The molecular formula is C42H45F3N10O6. The lowest BCUT2D eigenvalue weighted by Gasteiger charge is -2.51. The van der Waals surface area contributed by atoms with Gasteiger partial charge in [-0.2, -0.15) is 9.37 Å². The number of nitrogens with zero attached hydrogens (tertiary/aromatic N) is 8. The number of carbonyl (C=O) groups is 3. The van der Waals surface area contributed by atoms with Crippen LogP contribution in [-0.4, -0.2) is 96.5 Å². The van der Waals surface area contributed by atoms with Gasteiger partial charge in [0.2, 0.25) is 29.3 Å². The van der Waals surface area contributed by atoms with E-state index in [9.17, 15) is 37.5 Å². The number of halogens is 3. The number of aromatic nitrogens is 6. The van der Waals surface area contributed by atoms with Gasteiger partial charge in [-0.15, -0.1) is 10.2 Å². The number of carbonyl (C=O) groups excluding carboxylic acids is 3. The lowest BCUT2D eigenvalue weighted by molar-refractivity contribution is -0.135. The Balaban J connectivity index is 0.744. The Morgan fingerprint density at radius 2 is 1.70 bits per heavy atom. The molecule has 0 spiro atoms. The summed E-state index contributed by atoms with van der Waals surface area (Å²) in [4.78, 5) is 59.4. The lowest BCUT2D eigenvalue weighted by Crippen LogP contribution is -2.49. The van der Waals surface area contributed by atoms with E-state index < -0.39 is 46.6 Å². The Labute approximate surface area is 347 Å². The molecule has 16 nitrogen and oxygen atoms in total. The SMILES string of the molecule is Cn1c(=O)n([C@@H]2CCC(=O)NC2=O)c2ccc(CCCN3CCN(c4ccc(-c5noc(C67CCC(CNC(=O)c8cc(F)c(O)c(F)c8F)(CC6)CC7)n5)nn4)CC3)cc21. The number of hydrogen-bond acceptors (Lipinski definition) is 12. The summed E-state index contributed by atoms with van der Waals surface area (Å²) < 4.78 is 50.8. The minimum Gasteiger partial charge on any atom is -0.503 e. The zero-order valence-corrected chi connectivity index (χ0v) is 33.6. The van der Waals surface area contributed by atoms with Crippen molar-refractivity contribution in [2.45, 2.75) is 75.7 Å². The number of piperidine rings is 1. The number of benzene rings is 2. The molecule has 3 saturated carbocycles. The van der Waals surface area contributed by atoms with Crippen molar-refractivity contribution < 1.29 is 37.2 Å². The van der Waals surface area contributed by atoms with Crippen molar-refractivity contribution >= 4 is 34.6 Å². The van der Waals surface area contributed by atoms with Gasteiger partial charge in [0.1, 0.15) is 11.7 Å². The van der Waals surface area contributed by atoms with Gasteiger partial charge < -0.3 is 19.8 Å². The third kappa shape index (κ3) is 7.41. The number of imide groups is 1. The number of nitrogens with one attached hydrogen (secondary N) is 2. The highest BCUT2D eigenvalue weighted by atomic mass is 19.2. The summed E-state index contributed by atoms with van der Waals surface area (Å²) in [5.74, 6) is -6.31. The number of anilines is 1. The first-order valence-electron chi connectivity index (χ1n) is 20.7. The molecule has 19 heteroatoms. The van der Waals surface area contributed by atoms with Crippen LogP contribution in [0.1, 0.15) is 85.6 Å². The van der Waals surface area contributed by atoms with Crippen LogP contribution in [0, 0.1) is 22.9 Å². The first-order chi connectivity index (χ1) is 29.3. The molecule has 10 rings (SSSR count). The highest BCUT2D eigenvalue weighted by molar-refractivity contribution is 6.00. The van der Waals surface area contributed by atoms with Crippen molar-refractivity contribution in [2.24, 2.45) is 12.5 Å². The smallest absolute Gasteiger partial charge is 0.329 e. The Morgan fingerprint density at radius 1 is 0.951 bits per heavy atom. The van der Waals surface area contributed by atoms with Gasteiger partial charge in [0, 0.05) is 51.6 Å². The predicted octanol–water partition coefficient (Wildman–Crippen LogP) is 4.06. The summed E-state index contributed by atoms with van der Waals surface area (Å²) >= 11 is 0. The van der Waals surface area contributed by atoms with Crippen LogP contribution in [-0.2, 0) is 28.5 Å². The van der Waals surface area contributed by atoms with Crippen LogP contribution in [0.15, 0.2) is 45.7 Å². The molecule has 1 atom stereocenters. The van der Waals surface area contributed by atoms with E-state index in [4.69, 9.17) is 9.51 Å². The molecule has 2 saturated heterocycles. The topological polar surface area (TPSA) is 194 Å². The van der Waals surface area contributed by atoms with Gasteiger partial charge in [0.15, 0.2) is 23.2 Å². The molecule has 0 unspecified atom stereocenters. The van der Waals surface area contributed by atoms with Crippen LogP contribution in [0.25, 0.3) is 22.6 Å². The van der Waals surface area contributed by atoms with Crippen molar-refractivity contribution in [3.05, 3.63) is 81.4 Å². The minimum atomic E-state index is -1.80. The largest absolute Gasteiger partial charge is 0.503 e. The van der Waals surface area contributed by atoms with E-state index in [1.165, 1.54) is 4.57 Å². The summed E-state index contributed by atoms with van der Waals surface area (Å²) in [6.45, 7) is 4.45. The van der Waals surface area contributed by atoms with Crippen molar-refractivity contribution in [3.63, 3.8) is 0 Å². The van der Waals surface area contributed by atoms with E-state index in [0.717, 1.165) is 101 Å². The molecule has 0 radical (unpaired) electrons. The Bertz CT molecular complexity index is 2580. The van der Waals surface area contributed by atoms with Gasteiger partial charge in [0.25, 0.3) is 5.91 Å².